The summed E-state index contributed by atoms with van der Waals surface area (Å²) >= 11 is 0. The first-order chi connectivity index (χ1) is 7.63. The van der Waals surface area contributed by atoms with E-state index in [4.69, 9.17) is 4.42 Å². The van der Waals surface area contributed by atoms with E-state index in [0.717, 1.165) is 23.5 Å². The van der Waals surface area contributed by atoms with Gasteiger partial charge in [0.15, 0.2) is 0 Å². The van der Waals surface area contributed by atoms with Gasteiger partial charge >= 0.3 is 0 Å². The normalized spacial score (nSPS) is 11.7. The highest BCUT2D eigenvalue weighted by Gasteiger charge is 2.22. The maximum atomic E-state index is 5.93. The summed E-state index contributed by atoms with van der Waals surface area (Å²) in [6.45, 7) is 6.60. The van der Waals surface area contributed by atoms with Crippen molar-refractivity contribution in [3.63, 3.8) is 0 Å². The number of rotatable bonds is 3. The summed E-state index contributed by atoms with van der Waals surface area (Å²) < 4.78 is 5.93. The minimum atomic E-state index is 0.118. The van der Waals surface area contributed by atoms with Gasteiger partial charge in [-0.25, -0.2) is 0 Å². The Morgan fingerprint density at radius 1 is 1.00 bits per heavy atom. The minimum Gasteiger partial charge on any atom is -0.461 e. The lowest BCUT2D eigenvalue weighted by molar-refractivity contribution is 0.381. The molecule has 0 N–H and O–H groups in total. The van der Waals surface area contributed by atoms with E-state index < -0.39 is 0 Å². The minimum absolute atomic E-state index is 0.118. The molecule has 0 spiro atoms. The highest BCUT2D eigenvalue weighted by atomic mass is 16.3. The average Bonchev–Trinajstić information content (AvgIpc) is 2.80. The summed E-state index contributed by atoms with van der Waals surface area (Å²) in [5.74, 6) is 2.02. The zero-order chi connectivity index (χ0) is 11.6. The molecule has 0 aliphatic heterocycles. The van der Waals surface area contributed by atoms with Gasteiger partial charge in [-0.3, -0.25) is 0 Å². The molecule has 0 aliphatic rings. The molecule has 1 heteroatoms. The fourth-order valence-electron chi connectivity index (χ4n) is 1.63. The molecule has 1 nitrogen and oxygen atoms in total. The van der Waals surface area contributed by atoms with Crippen LogP contribution in [0.4, 0.5) is 0 Å². The Kier molecular flexibility index (Phi) is 2.86. The van der Waals surface area contributed by atoms with E-state index in [1.807, 2.05) is 18.2 Å². The van der Waals surface area contributed by atoms with Crippen molar-refractivity contribution in [1.82, 2.24) is 0 Å². The highest BCUT2D eigenvalue weighted by molar-refractivity contribution is 5.57. The van der Waals surface area contributed by atoms with Crippen molar-refractivity contribution in [1.29, 1.82) is 0 Å². The molecule has 0 bridgehead atoms. The second-order valence-corrected chi connectivity index (χ2v) is 4.77. The van der Waals surface area contributed by atoms with Crippen molar-refractivity contribution < 1.29 is 4.42 Å². The topological polar surface area (TPSA) is 13.1 Å². The van der Waals surface area contributed by atoms with Crippen molar-refractivity contribution in [2.45, 2.75) is 32.6 Å². The lowest BCUT2D eigenvalue weighted by atomic mass is 9.88. The van der Waals surface area contributed by atoms with Crippen molar-refractivity contribution in [3.05, 3.63) is 48.2 Å². The lowest BCUT2D eigenvalue weighted by Crippen LogP contribution is -2.13. The summed E-state index contributed by atoms with van der Waals surface area (Å²) in [5, 5.41) is 0. The Hall–Kier alpha value is -1.50. The monoisotopic (exact) mass is 214 g/mol. The first-order valence-electron chi connectivity index (χ1n) is 5.79. The molecule has 1 heterocycles. The van der Waals surface area contributed by atoms with E-state index in [-0.39, 0.29) is 5.41 Å². The molecule has 0 atom stereocenters. The summed E-state index contributed by atoms with van der Waals surface area (Å²) in [4.78, 5) is 0. The smallest absolute Gasteiger partial charge is 0.134 e. The van der Waals surface area contributed by atoms with Crippen molar-refractivity contribution in [2.24, 2.45) is 0 Å². The highest BCUT2D eigenvalue weighted by Crippen LogP contribution is 2.31. The van der Waals surface area contributed by atoms with Gasteiger partial charge in [0.2, 0.25) is 0 Å². The Bertz CT molecular complexity index is 451. The van der Waals surface area contributed by atoms with Gasteiger partial charge in [-0.2, -0.15) is 0 Å². The number of hydrogen-bond acceptors (Lipinski definition) is 1. The van der Waals surface area contributed by atoms with E-state index >= 15 is 0 Å². The van der Waals surface area contributed by atoms with Gasteiger partial charge in [0.25, 0.3) is 0 Å². The van der Waals surface area contributed by atoms with E-state index in [1.54, 1.807) is 0 Å². The third-order valence-electron chi connectivity index (χ3n) is 3.22. The molecule has 0 saturated heterocycles. The van der Waals surface area contributed by atoms with Gasteiger partial charge in [-0.1, -0.05) is 51.1 Å². The van der Waals surface area contributed by atoms with Gasteiger partial charge in [0.1, 0.15) is 11.5 Å². The van der Waals surface area contributed by atoms with Gasteiger partial charge in [0.05, 0.1) is 0 Å². The summed E-state index contributed by atoms with van der Waals surface area (Å²) in [7, 11) is 0. The van der Waals surface area contributed by atoms with E-state index in [2.05, 4.69) is 45.0 Å². The zero-order valence-corrected chi connectivity index (χ0v) is 10.2. The van der Waals surface area contributed by atoms with Crippen LogP contribution in [0.1, 0.15) is 33.0 Å². The summed E-state index contributed by atoms with van der Waals surface area (Å²) in [6.07, 6.45) is 1.08. The van der Waals surface area contributed by atoms with Crippen LogP contribution in [0.3, 0.4) is 0 Å². The van der Waals surface area contributed by atoms with Crippen LogP contribution in [0.15, 0.2) is 46.9 Å². The molecular formula is C15H18O. The molecule has 0 amide bonds. The lowest BCUT2D eigenvalue weighted by Gasteiger charge is -2.19. The van der Waals surface area contributed by atoms with Crippen molar-refractivity contribution in [2.75, 3.05) is 0 Å². The number of hydrogen-bond donors (Lipinski definition) is 0. The van der Waals surface area contributed by atoms with Crippen molar-refractivity contribution in [3.8, 4) is 11.3 Å². The maximum Gasteiger partial charge on any atom is 0.134 e. The molecule has 1 aromatic carbocycles. The van der Waals surface area contributed by atoms with Crippen LogP contribution in [0.25, 0.3) is 11.3 Å². The van der Waals surface area contributed by atoms with Crippen LogP contribution in [-0.2, 0) is 5.41 Å². The number of furan rings is 1. The maximum absolute atomic E-state index is 5.93. The molecule has 2 aromatic rings. The molecule has 0 radical (unpaired) electrons. The van der Waals surface area contributed by atoms with Gasteiger partial charge in [-0.15, -0.1) is 0 Å². The Morgan fingerprint density at radius 2 is 1.69 bits per heavy atom. The van der Waals surface area contributed by atoms with Crippen LogP contribution in [0.2, 0.25) is 0 Å². The van der Waals surface area contributed by atoms with E-state index in [1.165, 1.54) is 0 Å². The largest absolute Gasteiger partial charge is 0.461 e. The molecule has 0 unspecified atom stereocenters. The molecule has 0 aliphatic carbocycles. The van der Waals surface area contributed by atoms with Crippen molar-refractivity contribution >= 4 is 0 Å². The second kappa shape index (κ2) is 4.17. The zero-order valence-electron chi connectivity index (χ0n) is 10.2. The van der Waals surface area contributed by atoms with Gasteiger partial charge in [-0.05, 0) is 18.6 Å². The molecule has 2 rings (SSSR count). The average molecular weight is 214 g/mol. The van der Waals surface area contributed by atoms with Crippen LogP contribution < -0.4 is 0 Å². The first kappa shape index (κ1) is 11.0. The predicted molar refractivity (Wildman–Crippen MR) is 67.5 cm³/mol. The van der Waals surface area contributed by atoms with E-state index in [9.17, 15) is 0 Å². The summed E-state index contributed by atoms with van der Waals surface area (Å²) in [5.41, 5.74) is 1.26. The molecule has 0 fully saturated rings. The number of benzene rings is 1. The van der Waals surface area contributed by atoms with Gasteiger partial charge in [0, 0.05) is 11.0 Å². The second-order valence-electron chi connectivity index (χ2n) is 4.77. The summed E-state index contributed by atoms with van der Waals surface area (Å²) in [6, 6.07) is 14.4. The fourth-order valence-corrected chi connectivity index (χ4v) is 1.63. The quantitative estimate of drug-likeness (QED) is 0.725. The molecular weight excluding hydrogens is 196 g/mol. The molecule has 16 heavy (non-hydrogen) atoms. The Balaban J connectivity index is 2.34. The SMILES string of the molecule is CCC(C)(C)c1ccc(-c2ccccc2)o1. The van der Waals surface area contributed by atoms with Gasteiger partial charge < -0.3 is 4.42 Å². The molecule has 84 valence electrons. The van der Waals surface area contributed by atoms with Crippen LogP contribution in [-0.4, -0.2) is 0 Å². The fraction of sp³-hybridized carbons (Fsp3) is 0.333. The third kappa shape index (κ3) is 2.04. The predicted octanol–water partition coefficient (Wildman–Crippen LogP) is 4.63. The van der Waals surface area contributed by atoms with Crippen LogP contribution in [0, 0.1) is 0 Å². The first-order valence-corrected chi connectivity index (χ1v) is 5.79. The molecule has 0 saturated carbocycles. The standard InChI is InChI=1S/C15H18O/c1-4-15(2,3)14-11-10-13(16-14)12-8-6-5-7-9-12/h5-11H,4H2,1-3H3. The Labute approximate surface area is 97.1 Å². The molecule has 1 aromatic heterocycles. The van der Waals surface area contributed by atoms with Crippen LogP contribution in [0.5, 0.6) is 0 Å². The van der Waals surface area contributed by atoms with Crippen LogP contribution >= 0.6 is 0 Å². The van der Waals surface area contributed by atoms with E-state index in [0.29, 0.717) is 0 Å². The third-order valence-corrected chi connectivity index (χ3v) is 3.22. The Morgan fingerprint density at radius 3 is 2.31 bits per heavy atom.